The second kappa shape index (κ2) is 14.7. The smallest absolute Gasteiger partial charge is 0.149 e. The Labute approximate surface area is 200 Å². The van der Waals surface area contributed by atoms with E-state index in [9.17, 15) is 22.7 Å². The third-order valence-corrected chi connectivity index (χ3v) is 5.78. The molecule has 2 aromatic carbocycles. The van der Waals surface area contributed by atoms with E-state index in [4.69, 9.17) is 5.11 Å². The van der Waals surface area contributed by atoms with Crippen molar-refractivity contribution in [3.05, 3.63) is 63.2 Å². The highest BCUT2D eigenvalue weighted by molar-refractivity contribution is 14.1. The lowest BCUT2D eigenvalue weighted by atomic mass is 10.1. The van der Waals surface area contributed by atoms with Gasteiger partial charge in [0.15, 0.2) is 0 Å². The zero-order valence-corrected chi connectivity index (χ0v) is 19.2. The van der Waals surface area contributed by atoms with Crippen LogP contribution >= 0.6 is 22.6 Å². The van der Waals surface area contributed by atoms with Crippen LogP contribution in [0, 0.1) is 26.8 Å². The third-order valence-electron chi connectivity index (χ3n) is 4.91. The molecule has 0 radical (unpaired) electrons. The van der Waals surface area contributed by atoms with Crippen molar-refractivity contribution < 1.29 is 27.8 Å². The zero-order chi connectivity index (χ0) is 22.8. The maximum atomic E-state index is 13.4. The van der Waals surface area contributed by atoms with E-state index in [-0.39, 0.29) is 19.6 Å². The summed E-state index contributed by atoms with van der Waals surface area (Å²) >= 11 is 1.80. The topological polar surface area (TPSA) is 55.7 Å². The molecule has 0 aliphatic carbocycles. The summed E-state index contributed by atoms with van der Waals surface area (Å²) in [5, 5.41) is 21.3. The average molecular weight is 570 g/mol. The Morgan fingerprint density at radius 3 is 1.72 bits per heavy atom. The number of hydrogen-bond acceptors (Lipinski definition) is 4. The van der Waals surface area contributed by atoms with Gasteiger partial charge in [-0.05, 0) is 85.6 Å². The van der Waals surface area contributed by atoms with Gasteiger partial charge in [0.2, 0.25) is 0 Å². The molecule has 32 heavy (non-hydrogen) atoms. The van der Waals surface area contributed by atoms with Gasteiger partial charge in [-0.1, -0.05) is 7.43 Å². The fraction of sp³-hybridized carbons (Fsp3) is 0.478. The largest absolute Gasteiger partial charge is 0.393 e. The fourth-order valence-electron chi connectivity index (χ4n) is 3.12. The predicted molar refractivity (Wildman–Crippen MR) is 128 cm³/mol. The number of benzene rings is 2. The van der Waals surface area contributed by atoms with Crippen LogP contribution in [-0.4, -0.2) is 48.6 Å². The second-order valence-electron chi connectivity index (χ2n) is 7.35. The molecule has 4 nitrogen and oxygen atoms in total. The Hall–Kier alpha value is -1.43. The molecule has 3 N–H and O–H groups in total. The summed E-state index contributed by atoms with van der Waals surface area (Å²) in [6.45, 7) is 3.20. The number of piperidine rings is 2. The number of aliphatic hydroxyl groups is 2. The number of hydrogen-bond donors (Lipinski definition) is 3. The van der Waals surface area contributed by atoms with Crippen molar-refractivity contribution in [3.8, 4) is 0 Å². The Kier molecular flexibility index (Phi) is 13.1. The normalized spacial score (nSPS) is 16.8. The summed E-state index contributed by atoms with van der Waals surface area (Å²) in [7, 11) is 0. The molecule has 4 rings (SSSR count). The van der Waals surface area contributed by atoms with E-state index in [1.165, 1.54) is 24.3 Å². The highest BCUT2D eigenvalue weighted by Gasteiger charge is 2.19. The summed E-state index contributed by atoms with van der Waals surface area (Å²) in [5.74, 6) is -2.14. The van der Waals surface area contributed by atoms with E-state index in [2.05, 4.69) is 5.32 Å². The lowest BCUT2D eigenvalue weighted by molar-refractivity contribution is 0.137. The van der Waals surface area contributed by atoms with Gasteiger partial charge in [0.25, 0.3) is 0 Å². The van der Waals surface area contributed by atoms with Gasteiger partial charge in [-0.25, -0.2) is 17.6 Å². The molecule has 0 saturated carbocycles. The van der Waals surface area contributed by atoms with Crippen molar-refractivity contribution in [2.75, 3.05) is 31.1 Å². The summed E-state index contributed by atoms with van der Waals surface area (Å²) < 4.78 is 50.9. The minimum Gasteiger partial charge on any atom is -0.393 e. The van der Waals surface area contributed by atoms with Crippen LogP contribution in [0.15, 0.2) is 36.4 Å². The van der Waals surface area contributed by atoms with Crippen molar-refractivity contribution in [2.45, 2.75) is 45.3 Å². The number of halogens is 5. The summed E-state index contributed by atoms with van der Waals surface area (Å²) in [5.41, 5.74) is 0.420. The molecule has 0 spiro atoms. The maximum absolute atomic E-state index is 13.4. The van der Waals surface area contributed by atoms with Gasteiger partial charge >= 0.3 is 0 Å². The van der Waals surface area contributed by atoms with Crippen LogP contribution in [0.4, 0.5) is 23.2 Å². The molecule has 0 unspecified atom stereocenters. The molecule has 0 aromatic heterocycles. The maximum Gasteiger partial charge on any atom is 0.149 e. The van der Waals surface area contributed by atoms with E-state index in [1.54, 1.807) is 22.6 Å². The Bertz CT molecular complexity index is 815. The lowest BCUT2D eigenvalue weighted by Crippen LogP contribution is -2.36. The third kappa shape index (κ3) is 10.0. The van der Waals surface area contributed by atoms with Gasteiger partial charge in [0.05, 0.1) is 17.9 Å². The zero-order valence-electron chi connectivity index (χ0n) is 17.0. The number of rotatable bonds is 1. The molecule has 2 heterocycles. The first-order valence-electron chi connectivity index (χ1n) is 10.1. The number of nitrogens with zero attached hydrogens (tertiary/aromatic N) is 1. The van der Waals surface area contributed by atoms with E-state index >= 15 is 0 Å². The van der Waals surface area contributed by atoms with E-state index in [1.807, 2.05) is 4.90 Å². The quantitative estimate of drug-likeness (QED) is 0.261. The molecule has 180 valence electrons. The molecule has 2 saturated heterocycles. The van der Waals surface area contributed by atoms with Gasteiger partial charge in [-0.15, -0.1) is 0 Å². The number of aliphatic hydroxyl groups excluding tert-OH is 2. The van der Waals surface area contributed by atoms with Crippen molar-refractivity contribution in [1.29, 1.82) is 0 Å². The molecule has 2 aliphatic heterocycles. The fourth-order valence-corrected chi connectivity index (χ4v) is 3.46. The Balaban J connectivity index is 0.000000258. The Morgan fingerprint density at radius 1 is 0.781 bits per heavy atom. The average Bonchev–Trinajstić information content (AvgIpc) is 2.73. The predicted octanol–water partition coefficient (Wildman–Crippen LogP) is 4.86. The van der Waals surface area contributed by atoms with E-state index in [0.29, 0.717) is 35.2 Å². The van der Waals surface area contributed by atoms with Gasteiger partial charge in [-0.3, -0.25) is 0 Å². The minimum atomic E-state index is -0.562. The standard InChI is InChI=1S/C11H13F2NO.C6H3F2I.C5H11NO.CH4/c12-8-1-2-11(10(13)7-8)14-5-3-9(15)4-6-14;7-4-1-2-6(9)5(8)3-4;7-5-1-3-6-4-2-5;/h1-2,7,9,15H,3-6H2;1-3H;5-7H,1-4H2;1H4. The van der Waals surface area contributed by atoms with E-state index in [0.717, 1.165) is 38.1 Å². The van der Waals surface area contributed by atoms with Crippen molar-refractivity contribution in [1.82, 2.24) is 5.32 Å². The highest BCUT2D eigenvalue weighted by atomic mass is 127. The SMILES string of the molecule is C.Fc1ccc(I)c(F)c1.OC1CCN(c2ccc(F)cc2F)CC1.OC1CCNCC1. The lowest BCUT2D eigenvalue weighted by Gasteiger charge is -2.31. The first-order valence-corrected chi connectivity index (χ1v) is 11.2. The van der Waals surface area contributed by atoms with Crippen LogP contribution in [0.2, 0.25) is 0 Å². The van der Waals surface area contributed by atoms with Crippen molar-refractivity contribution >= 4 is 28.3 Å². The molecule has 0 bridgehead atoms. The van der Waals surface area contributed by atoms with E-state index < -0.39 is 23.3 Å². The van der Waals surface area contributed by atoms with Crippen molar-refractivity contribution in [3.63, 3.8) is 0 Å². The van der Waals surface area contributed by atoms with Crippen LogP contribution < -0.4 is 10.2 Å². The molecular formula is C23H31F4IN2O2. The van der Waals surface area contributed by atoms with Crippen molar-refractivity contribution in [2.24, 2.45) is 0 Å². The van der Waals surface area contributed by atoms with Crippen LogP contribution in [0.5, 0.6) is 0 Å². The molecular weight excluding hydrogens is 539 g/mol. The monoisotopic (exact) mass is 570 g/mol. The second-order valence-corrected chi connectivity index (χ2v) is 8.52. The minimum absolute atomic E-state index is 0. The number of anilines is 1. The molecule has 2 aliphatic rings. The first kappa shape index (κ1) is 28.6. The number of nitrogens with one attached hydrogen (secondary N) is 1. The molecule has 2 fully saturated rings. The van der Waals surface area contributed by atoms with Gasteiger partial charge in [-0.2, -0.15) is 0 Å². The highest BCUT2D eigenvalue weighted by Crippen LogP contribution is 2.23. The van der Waals surface area contributed by atoms with Crippen LogP contribution in [0.25, 0.3) is 0 Å². The molecule has 0 amide bonds. The van der Waals surface area contributed by atoms with Gasteiger partial charge in [0, 0.05) is 28.8 Å². The van der Waals surface area contributed by atoms with Crippen LogP contribution in [0.3, 0.4) is 0 Å². The molecule has 0 atom stereocenters. The van der Waals surface area contributed by atoms with Crippen LogP contribution in [-0.2, 0) is 0 Å². The summed E-state index contributed by atoms with van der Waals surface area (Å²) in [6.07, 6.45) is 2.82. The Morgan fingerprint density at radius 2 is 1.28 bits per heavy atom. The van der Waals surface area contributed by atoms with Gasteiger partial charge < -0.3 is 20.4 Å². The molecule has 9 heteroatoms. The first-order chi connectivity index (χ1) is 14.8. The molecule has 2 aromatic rings. The van der Waals surface area contributed by atoms with Crippen LogP contribution in [0.1, 0.15) is 33.1 Å². The summed E-state index contributed by atoms with van der Waals surface area (Å²) in [6, 6.07) is 7.07. The summed E-state index contributed by atoms with van der Waals surface area (Å²) in [4.78, 5) is 1.83. The van der Waals surface area contributed by atoms with Gasteiger partial charge in [0.1, 0.15) is 23.3 Å².